The van der Waals surface area contributed by atoms with Gasteiger partial charge in [0.05, 0.1) is 18.5 Å². The van der Waals surface area contributed by atoms with Crippen molar-refractivity contribution >= 4 is 23.2 Å². The summed E-state index contributed by atoms with van der Waals surface area (Å²) in [7, 11) is 0. The van der Waals surface area contributed by atoms with E-state index in [-0.39, 0.29) is 18.1 Å². The lowest BCUT2D eigenvalue weighted by Gasteiger charge is -2.05. The molecule has 0 saturated heterocycles. The van der Waals surface area contributed by atoms with E-state index in [1.54, 1.807) is 29.3 Å². The Morgan fingerprint density at radius 2 is 2.19 bits per heavy atom. The molecule has 7 nitrogen and oxygen atoms in total. The lowest BCUT2D eigenvalue weighted by Crippen LogP contribution is -2.24. The first-order chi connectivity index (χ1) is 12.6. The largest absolute Gasteiger partial charge is 0.464 e. The van der Waals surface area contributed by atoms with E-state index < -0.39 is 0 Å². The molecule has 0 spiro atoms. The second-order valence-corrected chi connectivity index (χ2v) is 6.09. The van der Waals surface area contributed by atoms with Crippen molar-refractivity contribution < 1.29 is 9.21 Å². The van der Waals surface area contributed by atoms with E-state index in [4.69, 9.17) is 16.0 Å². The zero-order chi connectivity index (χ0) is 18.1. The van der Waals surface area contributed by atoms with Crippen LogP contribution in [0.15, 0.2) is 53.5 Å². The lowest BCUT2D eigenvalue weighted by atomic mass is 10.2. The Morgan fingerprint density at radius 1 is 1.31 bits per heavy atom. The van der Waals surface area contributed by atoms with Crippen LogP contribution in [-0.2, 0) is 6.54 Å². The van der Waals surface area contributed by atoms with Gasteiger partial charge < -0.3 is 9.73 Å². The number of aromatic nitrogens is 4. The van der Waals surface area contributed by atoms with Crippen LogP contribution < -0.4 is 5.32 Å². The van der Waals surface area contributed by atoms with Gasteiger partial charge in [-0.2, -0.15) is 0 Å². The normalized spacial score (nSPS) is 11.0. The molecule has 0 aromatic carbocycles. The van der Waals surface area contributed by atoms with E-state index in [0.717, 1.165) is 22.7 Å². The average molecular weight is 368 g/mol. The molecule has 8 heteroatoms. The van der Waals surface area contributed by atoms with Crippen molar-refractivity contribution in [3.63, 3.8) is 0 Å². The Balaban J connectivity index is 1.49. The van der Waals surface area contributed by atoms with Crippen LogP contribution in [-0.4, -0.2) is 25.3 Å². The van der Waals surface area contributed by atoms with Crippen LogP contribution in [0.25, 0.3) is 17.0 Å². The maximum Gasteiger partial charge on any atom is 0.274 e. The lowest BCUT2D eigenvalue weighted by molar-refractivity contribution is 0.0947. The van der Waals surface area contributed by atoms with E-state index in [2.05, 4.69) is 20.3 Å². The molecule has 130 valence electrons. The molecule has 4 aromatic rings. The van der Waals surface area contributed by atoms with Crippen LogP contribution in [0.3, 0.4) is 0 Å². The summed E-state index contributed by atoms with van der Waals surface area (Å²) in [5.74, 6) is 0.412. The van der Waals surface area contributed by atoms with Gasteiger partial charge in [-0.3, -0.25) is 14.2 Å². The monoisotopic (exact) mass is 367 g/mol. The van der Waals surface area contributed by atoms with E-state index >= 15 is 0 Å². The van der Waals surface area contributed by atoms with Gasteiger partial charge in [-0.25, -0.2) is 9.97 Å². The van der Waals surface area contributed by atoms with E-state index in [1.165, 1.54) is 0 Å². The molecule has 4 aromatic heterocycles. The molecule has 0 aliphatic carbocycles. The van der Waals surface area contributed by atoms with Gasteiger partial charge in [0.2, 0.25) is 0 Å². The van der Waals surface area contributed by atoms with Gasteiger partial charge in [-0.1, -0.05) is 11.6 Å². The molecule has 1 N–H and O–H groups in total. The fourth-order valence-corrected chi connectivity index (χ4v) is 2.85. The highest BCUT2D eigenvalue weighted by molar-refractivity contribution is 6.29. The van der Waals surface area contributed by atoms with Gasteiger partial charge in [0.1, 0.15) is 17.2 Å². The number of furan rings is 1. The van der Waals surface area contributed by atoms with Crippen molar-refractivity contribution in [2.24, 2.45) is 0 Å². The Hall–Kier alpha value is -3.19. The van der Waals surface area contributed by atoms with Crippen molar-refractivity contribution in [2.45, 2.75) is 13.5 Å². The minimum absolute atomic E-state index is 0.225. The number of carbonyl (C=O) groups is 1. The van der Waals surface area contributed by atoms with Gasteiger partial charge in [-0.05, 0) is 37.3 Å². The molecule has 4 heterocycles. The van der Waals surface area contributed by atoms with Crippen LogP contribution in [0.4, 0.5) is 0 Å². The quantitative estimate of drug-likeness (QED) is 0.559. The van der Waals surface area contributed by atoms with Crippen molar-refractivity contribution in [1.29, 1.82) is 0 Å². The highest BCUT2D eigenvalue weighted by Gasteiger charge is 2.16. The molecular weight excluding hydrogens is 354 g/mol. The molecule has 0 radical (unpaired) electrons. The van der Waals surface area contributed by atoms with Gasteiger partial charge in [0.15, 0.2) is 11.3 Å². The summed E-state index contributed by atoms with van der Waals surface area (Å²) in [5.41, 5.74) is 3.09. The zero-order valence-corrected chi connectivity index (χ0v) is 14.6. The summed E-state index contributed by atoms with van der Waals surface area (Å²) in [5, 5.41) is 3.12. The first-order valence-electron chi connectivity index (χ1n) is 7.89. The molecular formula is C18H14ClN5O2. The zero-order valence-electron chi connectivity index (χ0n) is 13.8. The number of aryl methyl sites for hydroxylation is 1. The number of amides is 1. The van der Waals surface area contributed by atoms with Crippen LogP contribution >= 0.6 is 11.6 Å². The third-order valence-electron chi connectivity index (χ3n) is 3.94. The smallest absolute Gasteiger partial charge is 0.274 e. The van der Waals surface area contributed by atoms with Crippen LogP contribution in [0.5, 0.6) is 0 Å². The molecule has 0 aliphatic rings. The Bertz CT molecular complexity index is 1070. The minimum atomic E-state index is -0.335. The van der Waals surface area contributed by atoms with Crippen molar-refractivity contribution in [3.05, 3.63) is 71.4 Å². The highest BCUT2D eigenvalue weighted by atomic mass is 35.5. The standard InChI is InChI=1S/C18H14ClN5O2/c1-11-7-15(19)23-17-16(22-10-24(11)17)18(25)21-9-13-5-4-12(8-20-13)14-3-2-6-26-14/h2-8,10H,9H2,1H3,(H,21,25). The summed E-state index contributed by atoms with van der Waals surface area (Å²) < 4.78 is 7.05. The van der Waals surface area contributed by atoms with Crippen molar-refractivity contribution in [2.75, 3.05) is 0 Å². The summed E-state index contributed by atoms with van der Waals surface area (Å²) in [6.07, 6.45) is 4.87. The fourth-order valence-electron chi connectivity index (χ4n) is 2.61. The van der Waals surface area contributed by atoms with Gasteiger partial charge in [0, 0.05) is 17.5 Å². The number of carbonyl (C=O) groups excluding carboxylic acids is 1. The predicted octanol–water partition coefficient (Wildman–Crippen LogP) is 3.28. The van der Waals surface area contributed by atoms with Crippen LogP contribution in [0.1, 0.15) is 21.9 Å². The van der Waals surface area contributed by atoms with Gasteiger partial charge in [0.25, 0.3) is 5.91 Å². The fraction of sp³-hybridized carbons (Fsp3) is 0.111. The third-order valence-corrected chi connectivity index (χ3v) is 4.13. The number of nitrogens with zero attached hydrogens (tertiary/aromatic N) is 4. The summed E-state index contributed by atoms with van der Waals surface area (Å²) in [4.78, 5) is 25.1. The number of halogens is 1. The molecule has 0 aliphatic heterocycles. The van der Waals surface area contributed by atoms with Crippen LogP contribution in [0, 0.1) is 6.92 Å². The second-order valence-electron chi connectivity index (χ2n) is 5.71. The van der Waals surface area contributed by atoms with Crippen molar-refractivity contribution in [1.82, 2.24) is 24.7 Å². The molecule has 1 amide bonds. The molecule has 0 fully saturated rings. The van der Waals surface area contributed by atoms with Gasteiger partial charge in [-0.15, -0.1) is 0 Å². The minimum Gasteiger partial charge on any atom is -0.464 e. The molecule has 0 atom stereocenters. The van der Waals surface area contributed by atoms with Crippen molar-refractivity contribution in [3.8, 4) is 11.3 Å². The summed E-state index contributed by atoms with van der Waals surface area (Å²) >= 11 is 5.99. The molecule has 0 bridgehead atoms. The predicted molar refractivity (Wildman–Crippen MR) is 95.8 cm³/mol. The first-order valence-corrected chi connectivity index (χ1v) is 8.27. The Labute approximate surface area is 153 Å². The molecule has 26 heavy (non-hydrogen) atoms. The number of rotatable bonds is 4. The SMILES string of the molecule is Cc1cc(Cl)nc2c(C(=O)NCc3ccc(-c4ccco4)cn3)ncn12. The molecule has 0 unspecified atom stereocenters. The second kappa shape index (κ2) is 6.61. The molecule has 4 rings (SSSR count). The third kappa shape index (κ3) is 3.04. The number of fused-ring (bicyclic) bond motifs is 1. The van der Waals surface area contributed by atoms with E-state index in [0.29, 0.717) is 10.8 Å². The average Bonchev–Trinajstić information content (AvgIpc) is 3.30. The topological polar surface area (TPSA) is 85.3 Å². The maximum atomic E-state index is 12.5. The number of nitrogens with one attached hydrogen (secondary N) is 1. The number of imidazole rings is 1. The van der Waals surface area contributed by atoms with Gasteiger partial charge >= 0.3 is 0 Å². The summed E-state index contributed by atoms with van der Waals surface area (Å²) in [6, 6.07) is 9.12. The van der Waals surface area contributed by atoms with Crippen LogP contribution in [0.2, 0.25) is 5.15 Å². The number of hydrogen-bond acceptors (Lipinski definition) is 5. The number of pyridine rings is 1. The number of hydrogen-bond donors (Lipinski definition) is 1. The Kier molecular flexibility index (Phi) is 4.14. The maximum absolute atomic E-state index is 12.5. The van der Waals surface area contributed by atoms with E-state index in [9.17, 15) is 4.79 Å². The van der Waals surface area contributed by atoms with E-state index in [1.807, 2.05) is 31.2 Å². The molecule has 0 saturated carbocycles. The summed E-state index contributed by atoms with van der Waals surface area (Å²) in [6.45, 7) is 2.14. The first kappa shape index (κ1) is 16.3. The Morgan fingerprint density at radius 3 is 2.92 bits per heavy atom. The highest BCUT2D eigenvalue weighted by Crippen LogP contribution is 2.19.